The zero-order valence-electron chi connectivity index (χ0n) is 12.7. The lowest BCUT2D eigenvalue weighted by atomic mass is 10.2. The third-order valence-electron chi connectivity index (χ3n) is 3.54. The monoisotopic (exact) mass is 293 g/mol. The Morgan fingerprint density at radius 3 is 2.45 bits per heavy atom. The number of nitrogens with zero attached hydrogens (tertiary/aromatic N) is 1. The van der Waals surface area contributed by atoms with E-state index in [0.717, 1.165) is 28.8 Å². The number of hydrogen-bond donors (Lipinski definition) is 0. The van der Waals surface area contributed by atoms with Gasteiger partial charge in [0.1, 0.15) is 30.2 Å². The standard InChI is InChI=1S/C19H19NO2/c1-2-15-8-10-17(11-9-15)21-13-14-22-18-7-3-5-16-6-4-12-20-19(16)18/h3-12H,2,13-14H2,1H3. The Morgan fingerprint density at radius 1 is 0.864 bits per heavy atom. The molecule has 0 saturated carbocycles. The number of rotatable bonds is 6. The topological polar surface area (TPSA) is 31.4 Å². The van der Waals surface area contributed by atoms with Gasteiger partial charge in [-0.15, -0.1) is 0 Å². The second-order valence-corrected chi connectivity index (χ2v) is 5.03. The molecule has 0 aliphatic heterocycles. The van der Waals surface area contributed by atoms with Crippen LogP contribution in [0.4, 0.5) is 0 Å². The van der Waals surface area contributed by atoms with Crippen LogP contribution in [0, 0.1) is 0 Å². The Hall–Kier alpha value is -2.55. The highest BCUT2D eigenvalue weighted by molar-refractivity contribution is 5.84. The quantitative estimate of drug-likeness (QED) is 0.636. The highest BCUT2D eigenvalue weighted by Gasteiger charge is 2.02. The number of benzene rings is 2. The predicted molar refractivity (Wildman–Crippen MR) is 88.6 cm³/mol. The fourth-order valence-corrected chi connectivity index (χ4v) is 2.33. The first-order valence-corrected chi connectivity index (χ1v) is 7.55. The van der Waals surface area contributed by atoms with Crippen LogP contribution in [0.15, 0.2) is 60.8 Å². The average Bonchev–Trinajstić information content (AvgIpc) is 2.59. The van der Waals surface area contributed by atoms with Gasteiger partial charge in [0.2, 0.25) is 0 Å². The normalized spacial score (nSPS) is 10.6. The molecule has 0 atom stereocenters. The molecule has 0 aliphatic carbocycles. The van der Waals surface area contributed by atoms with Gasteiger partial charge in [-0.05, 0) is 36.2 Å². The van der Waals surface area contributed by atoms with Crippen LogP contribution in [-0.2, 0) is 6.42 Å². The van der Waals surface area contributed by atoms with Crippen molar-refractivity contribution in [1.29, 1.82) is 0 Å². The summed E-state index contributed by atoms with van der Waals surface area (Å²) in [5.41, 5.74) is 2.20. The van der Waals surface area contributed by atoms with Crippen molar-refractivity contribution >= 4 is 10.9 Å². The maximum atomic E-state index is 5.80. The number of pyridine rings is 1. The molecule has 0 saturated heterocycles. The van der Waals surface area contributed by atoms with E-state index in [2.05, 4.69) is 24.0 Å². The van der Waals surface area contributed by atoms with Crippen LogP contribution in [-0.4, -0.2) is 18.2 Å². The van der Waals surface area contributed by atoms with Gasteiger partial charge in [-0.3, -0.25) is 4.98 Å². The smallest absolute Gasteiger partial charge is 0.145 e. The van der Waals surface area contributed by atoms with Crippen LogP contribution in [0.25, 0.3) is 10.9 Å². The summed E-state index contributed by atoms with van der Waals surface area (Å²) >= 11 is 0. The molecule has 112 valence electrons. The molecule has 0 fully saturated rings. The molecule has 0 unspecified atom stereocenters. The molecule has 0 bridgehead atoms. The number of aryl methyl sites for hydroxylation is 1. The highest BCUT2D eigenvalue weighted by atomic mass is 16.5. The maximum absolute atomic E-state index is 5.80. The van der Waals surface area contributed by atoms with Gasteiger partial charge in [0.05, 0.1) is 0 Å². The van der Waals surface area contributed by atoms with E-state index >= 15 is 0 Å². The Morgan fingerprint density at radius 2 is 1.64 bits per heavy atom. The van der Waals surface area contributed by atoms with E-state index in [4.69, 9.17) is 9.47 Å². The molecule has 0 radical (unpaired) electrons. The van der Waals surface area contributed by atoms with Crippen molar-refractivity contribution in [2.75, 3.05) is 13.2 Å². The van der Waals surface area contributed by atoms with Crippen LogP contribution in [0.1, 0.15) is 12.5 Å². The van der Waals surface area contributed by atoms with E-state index in [1.807, 2.05) is 42.5 Å². The Balaban J connectivity index is 1.56. The van der Waals surface area contributed by atoms with Gasteiger partial charge in [0, 0.05) is 11.6 Å². The third kappa shape index (κ3) is 3.37. The van der Waals surface area contributed by atoms with Gasteiger partial charge >= 0.3 is 0 Å². The fraction of sp³-hybridized carbons (Fsp3) is 0.211. The maximum Gasteiger partial charge on any atom is 0.145 e. The van der Waals surface area contributed by atoms with E-state index in [9.17, 15) is 0 Å². The molecule has 0 N–H and O–H groups in total. The summed E-state index contributed by atoms with van der Waals surface area (Å²) in [7, 11) is 0. The molecule has 1 aromatic heterocycles. The molecule has 0 amide bonds. The van der Waals surface area contributed by atoms with Crippen molar-refractivity contribution in [2.24, 2.45) is 0 Å². The van der Waals surface area contributed by atoms with Gasteiger partial charge in [0.25, 0.3) is 0 Å². The number of aromatic nitrogens is 1. The predicted octanol–water partition coefficient (Wildman–Crippen LogP) is 4.26. The molecule has 1 heterocycles. The number of hydrogen-bond acceptors (Lipinski definition) is 3. The molecule has 2 aromatic carbocycles. The molecule has 0 aliphatic rings. The number of fused-ring (bicyclic) bond motifs is 1. The molecule has 3 aromatic rings. The molecule has 3 rings (SSSR count). The van der Waals surface area contributed by atoms with Crippen molar-refractivity contribution in [3.63, 3.8) is 0 Å². The minimum Gasteiger partial charge on any atom is -0.490 e. The van der Waals surface area contributed by atoms with Gasteiger partial charge < -0.3 is 9.47 Å². The first-order valence-electron chi connectivity index (χ1n) is 7.55. The number of ether oxygens (including phenoxy) is 2. The molecule has 0 spiro atoms. The Bertz CT molecular complexity index is 733. The largest absolute Gasteiger partial charge is 0.490 e. The summed E-state index contributed by atoms with van der Waals surface area (Å²) in [6, 6.07) is 18.1. The Kier molecular flexibility index (Phi) is 4.54. The lowest BCUT2D eigenvalue weighted by Crippen LogP contribution is -2.09. The highest BCUT2D eigenvalue weighted by Crippen LogP contribution is 2.22. The van der Waals surface area contributed by atoms with Gasteiger partial charge in [0.15, 0.2) is 0 Å². The summed E-state index contributed by atoms with van der Waals surface area (Å²) in [4.78, 5) is 4.37. The average molecular weight is 293 g/mol. The summed E-state index contributed by atoms with van der Waals surface area (Å²) in [5.74, 6) is 1.67. The van der Waals surface area contributed by atoms with E-state index in [1.54, 1.807) is 6.20 Å². The van der Waals surface area contributed by atoms with Crippen molar-refractivity contribution in [3.05, 3.63) is 66.4 Å². The summed E-state index contributed by atoms with van der Waals surface area (Å²) in [6.07, 6.45) is 2.82. The molecule has 3 nitrogen and oxygen atoms in total. The molecule has 3 heteroatoms. The molecular weight excluding hydrogens is 274 g/mol. The summed E-state index contributed by atoms with van der Waals surface area (Å²) in [6.45, 7) is 3.14. The summed E-state index contributed by atoms with van der Waals surface area (Å²) in [5, 5.41) is 1.08. The van der Waals surface area contributed by atoms with Crippen LogP contribution < -0.4 is 9.47 Å². The van der Waals surface area contributed by atoms with Crippen LogP contribution >= 0.6 is 0 Å². The van der Waals surface area contributed by atoms with Crippen molar-refractivity contribution in [1.82, 2.24) is 4.98 Å². The van der Waals surface area contributed by atoms with Crippen molar-refractivity contribution in [2.45, 2.75) is 13.3 Å². The minimum absolute atomic E-state index is 0.491. The third-order valence-corrected chi connectivity index (χ3v) is 3.54. The SMILES string of the molecule is CCc1ccc(OCCOc2cccc3cccnc23)cc1. The Labute approximate surface area is 130 Å². The van der Waals surface area contributed by atoms with Crippen molar-refractivity contribution < 1.29 is 9.47 Å². The van der Waals surface area contributed by atoms with Gasteiger partial charge in [-0.1, -0.05) is 37.3 Å². The second kappa shape index (κ2) is 6.94. The lowest BCUT2D eigenvalue weighted by molar-refractivity contribution is 0.218. The van der Waals surface area contributed by atoms with Crippen molar-refractivity contribution in [3.8, 4) is 11.5 Å². The molecular formula is C19H19NO2. The van der Waals surface area contributed by atoms with E-state index in [1.165, 1.54) is 5.56 Å². The van der Waals surface area contributed by atoms with Crippen LogP contribution in [0.3, 0.4) is 0 Å². The van der Waals surface area contributed by atoms with Gasteiger partial charge in [-0.2, -0.15) is 0 Å². The van der Waals surface area contributed by atoms with E-state index < -0.39 is 0 Å². The lowest BCUT2D eigenvalue weighted by Gasteiger charge is -2.10. The minimum atomic E-state index is 0.491. The van der Waals surface area contributed by atoms with Crippen LogP contribution in [0.5, 0.6) is 11.5 Å². The number of para-hydroxylation sites is 1. The first-order chi connectivity index (χ1) is 10.9. The second-order valence-electron chi connectivity index (χ2n) is 5.03. The fourth-order valence-electron chi connectivity index (χ4n) is 2.33. The molecule has 22 heavy (non-hydrogen) atoms. The zero-order chi connectivity index (χ0) is 15.2. The van der Waals surface area contributed by atoms with Gasteiger partial charge in [-0.25, -0.2) is 0 Å². The van der Waals surface area contributed by atoms with E-state index in [0.29, 0.717) is 13.2 Å². The first kappa shape index (κ1) is 14.4. The summed E-state index contributed by atoms with van der Waals surface area (Å²) < 4.78 is 11.5. The van der Waals surface area contributed by atoms with E-state index in [-0.39, 0.29) is 0 Å². The van der Waals surface area contributed by atoms with Crippen LogP contribution in [0.2, 0.25) is 0 Å². The zero-order valence-corrected chi connectivity index (χ0v) is 12.7.